The van der Waals surface area contributed by atoms with E-state index in [9.17, 15) is 9.59 Å². The Balaban J connectivity index is 1.61. The van der Waals surface area contributed by atoms with Crippen LogP contribution in [0.15, 0.2) is 30.7 Å². The van der Waals surface area contributed by atoms with Gasteiger partial charge >= 0.3 is 0 Å². The number of hydrogen-bond donors (Lipinski definition) is 2. The van der Waals surface area contributed by atoms with Gasteiger partial charge in [0.15, 0.2) is 0 Å². The van der Waals surface area contributed by atoms with Crippen LogP contribution in [0.4, 0.5) is 0 Å². The van der Waals surface area contributed by atoms with E-state index < -0.39 is 0 Å². The van der Waals surface area contributed by atoms with E-state index in [0.717, 1.165) is 17.2 Å². The summed E-state index contributed by atoms with van der Waals surface area (Å²) in [6, 6.07) is 3.80. The molecule has 120 valence electrons. The van der Waals surface area contributed by atoms with Crippen molar-refractivity contribution < 1.29 is 9.59 Å². The molecule has 3 rings (SSSR count). The maximum Gasteiger partial charge on any atom is 0.225 e. The lowest BCUT2D eigenvalue weighted by Crippen LogP contribution is -2.42. The first-order chi connectivity index (χ1) is 11.1. The zero-order valence-electron chi connectivity index (χ0n) is 13.0. The topological polar surface area (TPSA) is 88.9 Å². The van der Waals surface area contributed by atoms with E-state index in [1.165, 1.54) is 0 Å². The van der Waals surface area contributed by atoms with Crippen molar-refractivity contribution in [1.29, 1.82) is 0 Å². The minimum Gasteiger partial charge on any atom is -0.355 e. The molecule has 1 aliphatic heterocycles. The molecule has 0 radical (unpaired) electrons. The second-order valence-corrected chi connectivity index (χ2v) is 5.62. The van der Waals surface area contributed by atoms with Gasteiger partial charge in [-0.2, -0.15) is 0 Å². The molecule has 7 nitrogen and oxygen atoms in total. The van der Waals surface area contributed by atoms with Gasteiger partial charge in [-0.05, 0) is 31.0 Å². The summed E-state index contributed by atoms with van der Waals surface area (Å²) in [5.74, 6) is 1.48. The smallest absolute Gasteiger partial charge is 0.225 e. The van der Waals surface area contributed by atoms with Gasteiger partial charge in [-0.3, -0.25) is 14.2 Å². The molecule has 0 saturated carbocycles. The number of carbonyl (C=O) groups excluding carboxylic acids is 2. The second kappa shape index (κ2) is 6.60. The number of aromatic nitrogens is 3. The number of amides is 2. The summed E-state index contributed by atoms with van der Waals surface area (Å²) in [6.07, 6.45) is 6.32. The number of nitrogens with zero attached hydrogens (tertiary/aromatic N) is 3. The highest BCUT2D eigenvalue weighted by Crippen LogP contribution is 2.12. The minimum atomic E-state index is -0.148. The third kappa shape index (κ3) is 3.56. The summed E-state index contributed by atoms with van der Waals surface area (Å²) < 4.78 is 1.89. The van der Waals surface area contributed by atoms with Crippen LogP contribution < -0.4 is 10.6 Å². The molecule has 1 unspecified atom stereocenters. The van der Waals surface area contributed by atoms with Gasteiger partial charge in [0, 0.05) is 38.1 Å². The molecule has 1 atom stereocenters. The quantitative estimate of drug-likeness (QED) is 0.870. The first-order valence-electron chi connectivity index (χ1n) is 7.63. The van der Waals surface area contributed by atoms with Gasteiger partial charge in [-0.1, -0.05) is 0 Å². The standard InChI is InChI=1S/C16H19N5O2/c1-11-17-6-7-21(11)14-8-12(4-5-18-14)9-20-16(23)13-2-3-15(22)19-10-13/h4-8,13H,2-3,9-10H2,1H3,(H,19,22)(H,20,23). The molecule has 2 N–H and O–H groups in total. The normalized spacial score (nSPS) is 17.6. The van der Waals surface area contributed by atoms with Crippen LogP contribution in [-0.2, 0) is 16.1 Å². The van der Waals surface area contributed by atoms with E-state index in [-0.39, 0.29) is 17.7 Å². The van der Waals surface area contributed by atoms with E-state index in [1.807, 2.05) is 29.8 Å². The molecule has 3 heterocycles. The molecule has 2 amide bonds. The number of aryl methyl sites for hydroxylation is 1. The molecule has 23 heavy (non-hydrogen) atoms. The lowest BCUT2D eigenvalue weighted by molar-refractivity contribution is -0.129. The molecule has 2 aromatic rings. The highest BCUT2D eigenvalue weighted by Gasteiger charge is 2.24. The molecule has 1 fully saturated rings. The Morgan fingerprint density at radius 1 is 1.43 bits per heavy atom. The van der Waals surface area contributed by atoms with Gasteiger partial charge in [-0.15, -0.1) is 0 Å². The predicted molar refractivity (Wildman–Crippen MR) is 83.7 cm³/mol. The minimum absolute atomic E-state index is 0.0172. The van der Waals surface area contributed by atoms with Crippen LogP contribution in [0.25, 0.3) is 5.82 Å². The SMILES string of the molecule is Cc1nccn1-c1cc(CNC(=O)C2CCC(=O)NC2)ccn1. The molecular formula is C16H19N5O2. The average molecular weight is 313 g/mol. The number of rotatable bonds is 4. The molecule has 1 aliphatic rings. The number of piperidine rings is 1. The van der Waals surface area contributed by atoms with Gasteiger partial charge in [0.2, 0.25) is 11.8 Å². The number of imidazole rings is 1. The molecule has 0 spiro atoms. The summed E-state index contributed by atoms with van der Waals surface area (Å²) in [5.41, 5.74) is 0.969. The summed E-state index contributed by atoms with van der Waals surface area (Å²) in [5, 5.41) is 5.65. The summed E-state index contributed by atoms with van der Waals surface area (Å²) in [7, 11) is 0. The van der Waals surface area contributed by atoms with Crippen molar-refractivity contribution in [2.24, 2.45) is 5.92 Å². The molecule has 2 aromatic heterocycles. The Labute approximate surface area is 134 Å². The van der Waals surface area contributed by atoms with Gasteiger partial charge in [0.05, 0.1) is 5.92 Å². The van der Waals surface area contributed by atoms with Crippen molar-refractivity contribution in [3.8, 4) is 5.82 Å². The zero-order chi connectivity index (χ0) is 16.2. The van der Waals surface area contributed by atoms with Crippen LogP contribution in [0.5, 0.6) is 0 Å². The van der Waals surface area contributed by atoms with Crippen LogP contribution in [0, 0.1) is 12.8 Å². The molecule has 0 aliphatic carbocycles. The van der Waals surface area contributed by atoms with E-state index >= 15 is 0 Å². The Bertz CT molecular complexity index is 715. The summed E-state index contributed by atoms with van der Waals surface area (Å²) >= 11 is 0. The Morgan fingerprint density at radius 3 is 3.00 bits per heavy atom. The lowest BCUT2D eigenvalue weighted by atomic mass is 9.98. The Hall–Kier alpha value is -2.70. The first kappa shape index (κ1) is 15.2. The summed E-state index contributed by atoms with van der Waals surface area (Å²) in [4.78, 5) is 31.8. The van der Waals surface area contributed by atoms with E-state index in [1.54, 1.807) is 12.4 Å². The van der Waals surface area contributed by atoms with Crippen molar-refractivity contribution in [2.75, 3.05) is 6.54 Å². The fourth-order valence-electron chi connectivity index (χ4n) is 2.61. The zero-order valence-corrected chi connectivity index (χ0v) is 13.0. The van der Waals surface area contributed by atoms with Gasteiger partial charge in [-0.25, -0.2) is 9.97 Å². The van der Waals surface area contributed by atoms with Crippen molar-refractivity contribution in [2.45, 2.75) is 26.3 Å². The van der Waals surface area contributed by atoms with Crippen molar-refractivity contribution in [1.82, 2.24) is 25.2 Å². The maximum absolute atomic E-state index is 12.2. The van der Waals surface area contributed by atoms with E-state index in [4.69, 9.17) is 0 Å². The average Bonchev–Trinajstić information content (AvgIpc) is 3.00. The fraction of sp³-hybridized carbons (Fsp3) is 0.375. The molecule has 7 heteroatoms. The number of pyridine rings is 1. The molecule has 0 bridgehead atoms. The highest BCUT2D eigenvalue weighted by molar-refractivity contribution is 5.83. The van der Waals surface area contributed by atoms with Crippen molar-refractivity contribution in [3.63, 3.8) is 0 Å². The van der Waals surface area contributed by atoms with Crippen LogP contribution in [0.3, 0.4) is 0 Å². The van der Waals surface area contributed by atoms with Gasteiger partial charge < -0.3 is 10.6 Å². The number of hydrogen-bond acceptors (Lipinski definition) is 4. The largest absolute Gasteiger partial charge is 0.355 e. The summed E-state index contributed by atoms with van der Waals surface area (Å²) in [6.45, 7) is 2.76. The Kier molecular flexibility index (Phi) is 4.36. The van der Waals surface area contributed by atoms with E-state index in [2.05, 4.69) is 20.6 Å². The lowest BCUT2D eigenvalue weighted by Gasteiger charge is -2.21. The fourth-order valence-corrected chi connectivity index (χ4v) is 2.61. The van der Waals surface area contributed by atoms with Crippen molar-refractivity contribution >= 4 is 11.8 Å². The predicted octanol–water partition coefficient (Wildman–Crippen LogP) is 0.718. The molecular weight excluding hydrogens is 294 g/mol. The van der Waals surface area contributed by atoms with Crippen LogP contribution in [-0.4, -0.2) is 32.9 Å². The maximum atomic E-state index is 12.2. The van der Waals surface area contributed by atoms with Crippen LogP contribution in [0.1, 0.15) is 24.2 Å². The van der Waals surface area contributed by atoms with Crippen LogP contribution >= 0.6 is 0 Å². The van der Waals surface area contributed by atoms with E-state index in [0.29, 0.717) is 25.9 Å². The highest BCUT2D eigenvalue weighted by atomic mass is 16.2. The number of nitrogens with one attached hydrogen (secondary N) is 2. The third-order valence-corrected chi connectivity index (χ3v) is 3.99. The van der Waals surface area contributed by atoms with Crippen molar-refractivity contribution in [3.05, 3.63) is 42.1 Å². The molecule has 0 aromatic carbocycles. The van der Waals surface area contributed by atoms with Gasteiger partial charge in [0.1, 0.15) is 11.6 Å². The second-order valence-electron chi connectivity index (χ2n) is 5.62. The Morgan fingerprint density at radius 2 is 2.30 bits per heavy atom. The van der Waals surface area contributed by atoms with Gasteiger partial charge in [0.25, 0.3) is 0 Å². The monoisotopic (exact) mass is 313 g/mol. The van der Waals surface area contributed by atoms with Crippen LogP contribution in [0.2, 0.25) is 0 Å². The number of carbonyl (C=O) groups is 2. The third-order valence-electron chi connectivity index (χ3n) is 3.99. The molecule has 1 saturated heterocycles. The first-order valence-corrected chi connectivity index (χ1v) is 7.63.